The summed E-state index contributed by atoms with van der Waals surface area (Å²) >= 11 is 2.28. The van der Waals surface area contributed by atoms with Crippen molar-refractivity contribution in [3.63, 3.8) is 0 Å². The maximum atomic E-state index is 9.83. The average Bonchev–Trinajstić information content (AvgIpc) is 2.11. The topological polar surface area (TPSA) is 58.9 Å². The zero-order valence-corrected chi connectivity index (χ0v) is 9.29. The SMILES string of the molecule is O=C=NCCCCC[CH]([Au])N=C=O. The van der Waals surface area contributed by atoms with Crippen LogP contribution in [-0.4, -0.2) is 23.0 Å². The summed E-state index contributed by atoms with van der Waals surface area (Å²) < 4.78 is 0.00655. The molecule has 0 aliphatic rings. The normalized spacial score (nSPS) is 11.2. The summed E-state index contributed by atoms with van der Waals surface area (Å²) in [5.41, 5.74) is 0. The predicted molar refractivity (Wildman–Crippen MR) is 43.4 cm³/mol. The van der Waals surface area contributed by atoms with Gasteiger partial charge in [-0.1, -0.05) is 0 Å². The Hall–Kier alpha value is -0.500. The summed E-state index contributed by atoms with van der Waals surface area (Å²) in [6.45, 7) is 0.546. The second-order valence-electron chi connectivity index (χ2n) is 2.43. The summed E-state index contributed by atoms with van der Waals surface area (Å²) in [4.78, 5) is 26.5. The Kier molecular flexibility index (Phi) is 9.22. The molecule has 0 bridgehead atoms. The van der Waals surface area contributed by atoms with Gasteiger partial charge in [-0.25, -0.2) is 0 Å². The molecule has 0 amide bonds. The second-order valence-corrected chi connectivity index (χ2v) is 3.87. The molecule has 0 aromatic rings. The molecular formula is C8H11AuN2O2. The van der Waals surface area contributed by atoms with Crippen LogP contribution in [0.5, 0.6) is 0 Å². The van der Waals surface area contributed by atoms with E-state index in [2.05, 4.69) is 31.1 Å². The Balaban J connectivity index is 3.24. The molecule has 0 aromatic heterocycles. The maximum absolute atomic E-state index is 9.83. The molecule has 0 spiro atoms. The van der Waals surface area contributed by atoms with Crippen molar-refractivity contribution in [2.24, 2.45) is 9.98 Å². The zero-order valence-electron chi connectivity index (χ0n) is 7.13. The first-order valence-electron chi connectivity index (χ1n) is 4.01. The number of rotatable bonds is 7. The first kappa shape index (κ1) is 12.5. The summed E-state index contributed by atoms with van der Waals surface area (Å²) in [7, 11) is 0. The fraction of sp³-hybridized carbons (Fsp3) is 0.750. The van der Waals surface area contributed by atoms with Crippen molar-refractivity contribution >= 4 is 12.2 Å². The Morgan fingerprint density at radius 3 is 2.54 bits per heavy atom. The molecule has 0 aliphatic heterocycles. The van der Waals surface area contributed by atoms with E-state index in [4.69, 9.17) is 0 Å². The predicted octanol–water partition coefficient (Wildman–Crippen LogP) is 1.09. The van der Waals surface area contributed by atoms with Crippen LogP contribution in [0, 0.1) is 0 Å². The molecule has 5 heteroatoms. The molecule has 1 atom stereocenters. The van der Waals surface area contributed by atoms with Crippen LogP contribution < -0.4 is 0 Å². The van der Waals surface area contributed by atoms with Gasteiger partial charge < -0.3 is 0 Å². The molecule has 0 heterocycles. The van der Waals surface area contributed by atoms with Crippen molar-refractivity contribution in [3.05, 3.63) is 0 Å². The van der Waals surface area contributed by atoms with Gasteiger partial charge in [0.05, 0.1) is 0 Å². The van der Waals surface area contributed by atoms with Gasteiger partial charge in [-0.2, -0.15) is 0 Å². The van der Waals surface area contributed by atoms with Crippen molar-refractivity contribution in [1.29, 1.82) is 0 Å². The van der Waals surface area contributed by atoms with Gasteiger partial charge >= 0.3 is 89.3 Å². The van der Waals surface area contributed by atoms with Crippen LogP contribution in [-0.2, 0) is 30.7 Å². The number of isocyanates is 2. The molecule has 76 valence electrons. The molecule has 0 N–H and O–H groups in total. The number of unbranched alkanes of at least 4 members (excludes halogenated alkanes) is 2. The fourth-order valence-corrected chi connectivity index (χ4v) is 1.38. The Morgan fingerprint density at radius 2 is 1.92 bits per heavy atom. The van der Waals surface area contributed by atoms with Gasteiger partial charge in [0.2, 0.25) is 0 Å². The molecule has 0 rings (SSSR count). The van der Waals surface area contributed by atoms with Gasteiger partial charge in [0.1, 0.15) is 0 Å². The van der Waals surface area contributed by atoms with Gasteiger partial charge in [-0.3, -0.25) is 0 Å². The summed E-state index contributed by atoms with van der Waals surface area (Å²) in [6, 6.07) is 0. The Bertz CT molecular complexity index is 220. The number of hydrogen-bond acceptors (Lipinski definition) is 4. The Labute approximate surface area is 89.4 Å². The van der Waals surface area contributed by atoms with Gasteiger partial charge in [0.25, 0.3) is 0 Å². The first-order chi connectivity index (χ1) is 6.31. The summed E-state index contributed by atoms with van der Waals surface area (Å²) in [6.07, 6.45) is 6.75. The van der Waals surface area contributed by atoms with Crippen molar-refractivity contribution in [2.45, 2.75) is 29.9 Å². The van der Waals surface area contributed by atoms with E-state index in [9.17, 15) is 9.59 Å². The molecule has 0 fully saturated rings. The quantitative estimate of drug-likeness (QED) is 0.294. The van der Waals surface area contributed by atoms with Crippen LogP contribution in [0.2, 0.25) is 0 Å². The van der Waals surface area contributed by atoms with Crippen molar-refractivity contribution in [1.82, 2.24) is 0 Å². The number of carbonyl (C=O) groups excluding carboxylic acids is 2. The molecule has 0 radical (unpaired) electrons. The Morgan fingerprint density at radius 1 is 1.15 bits per heavy atom. The van der Waals surface area contributed by atoms with E-state index >= 15 is 0 Å². The molecule has 1 unspecified atom stereocenters. The molecule has 0 aliphatic carbocycles. The van der Waals surface area contributed by atoms with Crippen molar-refractivity contribution < 1.29 is 30.7 Å². The van der Waals surface area contributed by atoms with Crippen LogP contribution >= 0.6 is 0 Å². The zero-order chi connectivity index (χ0) is 9.94. The van der Waals surface area contributed by atoms with E-state index in [1.54, 1.807) is 0 Å². The molecule has 13 heavy (non-hydrogen) atoms. The van der Waals surface area contributed by atoms with E-state index in [1.807, 2.05) is 0 Å². The van der Waals surface area contributed by atoms with E-state index < -0.39 is 0 Å². The molecule has 0 aromatic carbocycles. The second kappa shape index (κ2) is 9.59. The molecule has 4 nitrogen and oxygen atoms in total. The third-order valence-electron chi connectivity index (χ3n) is 1.44. The molecular weight excluding hydrogens is 353 g/mol. The first-order valence-corrected chi connectivity index (χ1v) is 5.26. The number of hydrogen-bond donors (Lipinski definition) is 0. The van der Waals surface area contributed by atoms with Crippen LogP contribution in [0.3, 0.4) is 0 Å². The van der Waals surface area contributed by atoms with Gasteiger partial charge in [0.15, 0.2) is 0 Å². The van der Waals surface area contributed by atoms with Gasteiger partial charge in [-0.15, -0.1) is 0 Å². The van der Waals surface area contributed by atoms with Gasteiger partial charge in [-0.05, 0) is 0 Å². The van der Waals surface area contributed by atoms with Crippen LogP contribution in [0.1, 0.15) is 25.7 Å². The number of nitrogens with zero attached hydrogens (tertiary/aromatic N) is 2. The third kappa shape index (κ3) is 9.41. The molecule has 0 saturated carbocycles. The molecule has 0 saturated heterocycles. The van der Waals surface area contributed by atoms with Crippen LogP contribution in [0.4, 0.5) is 0 Å². The van der Waals surface area contributed by atoms with E-state index in [1.165, 1.54) is 12.2 Å². The van der Waals surface area contributed by atoms with Crippen molar-refractivity contribution in [3.8, 4) is 0 Å². The monoisotopic (exact) mass is 364 g/mol. The minimum atomic E-state index is 0.00655. The van der Waals surface area contributed by atoms with Crippen molar-refractivity contribution in [2.75, 3.05) is 6.54 Å². The van der Waals surface area contributed by atoms with E-state index in [0.717, 1.165) is 25.7 Å². The van der Waals surface area contributed by atoms with Crippen LogP contribution in [0.25, 0.3) is 0 Å². The minimum absolute atomic E-state index is 0.00655. The van der Waals surface area contributed by atoms with Crippen LogP contribution in [0.15, 0.2) is 9.98 Å². The van der Waals surface area contributed by atoms with Gasteiger partial charge in [0, 0.05) is 0 Å². The summed E-state index contributed by atoms with van der Waals surface area (Å²) in [5.74, 6) is 0. The standard InChI is InChI=1S/C8H11N2O2.Au/c11-7-9-5-3-1-2-4-6-10-8-12;/h5H,1-4,6H2;. The van der Waals surface area contributed by atoms with E-state index in [0.29, 0.717) is 6.54 Å². The number of aliphatic imine (C=N–C) groups is 2. The van der Waals surface area contributed by atoms with E-state index in [-0.39, 0.29) is 4.26 Å². The fourth-order valence-electron chi connectivity index (χ4n) is 0.828. The average molecular weight is 364 g/mol. The third-order valence-corrected chi connectivity index (χ3v) is 2.34. The summed E-state index contributed by atoms with van der Waals surface area (Å²) in [5, 5.41) is 0.